The molecule has 16 heavy (non-hydrogen) atoms. The van der Waals surface area contributed by atoms with Crippen molar-refractivity contribution in [2.75, 3.05) is 7.05 Å². The average molecular weight is 220 g/mol. The molecule has 0 N–H and O–H groups in total. The first kappa shape index (κ1) is 11.1. The first-order chi connectivity index (χ1) is 7.40. The first-order valence-corrected chi connectivity index (χ1v) is 5.30. The molecule has 1 aliphatic heterocycles. The molecule has 1 amide bonds. The molecule has 2 rings (SSSR count). The van der Waals surface area contributed by atoms with E-state index in [9.17, 15) is 4.79 Å². The predicted octanol–water partition coefficient (Wildman–Crippen LogP) is 1.98. The highest BCUT2D eigenvalue weighted by Gasteiger charge is 2.38. The van der Waals surface area contributed by atoms with Gasteiger partial charge in [-0.25, -0.2) is 0 Å². The van der Waals surface area contributed by atoms with Gasteiger partial charge < -0.3 is 9.64 Å². The van der Waals surface area contributed by atoms with Gasteiger partial charge in [-0.1, -0.05) is 0 Å². The average Bonchev–Trinajstić information content (AvgIpc) is 2.43. The van der Waals surface area contributed by atoms with Crippen molar-refractivity contribution < 1.29 is 9.53 Å². The first-order valence-electron chi connectivity index (χ1n) is 5.30. The molecule has 4 heteroatoms. The van der Waals surface area contributed by atoms with Crippen molar-refractivity contribution >= 4 is 5.91 Å². The van der Waals surface area contributed by atoms with Gasteiger partial charge in [-0.3, -0.25) is 9.78 Å². The Bertz CT molecular complexity index is 423. The Morgan fingerprint density at radius 3 is 2.75 bits per heavy atom. The Morgan fingerprint density at radius 2 is 2.12 bits per heavy atom. The number of carbonyl (C=O) groups excluding carboxylic acids is 1. The largest absolute Gasteiger partial charge is 0.347 e. The molecule has 0 saturated heterocycles. The topological polar surface area (TPSA) is 42.4 Å². The van der Waals surface area contributed by atoms with Crippen LogP contribution in [0, 0.1) is 0 Å². The number of aromatic nitrogens is 1. The van der Waals surface area contributed by atoms with Crippen LogP contribution >= 0.6 is 0 Å². The van der Waals surface area contributed by atoms with E-state index in [1.54, 1.807) is 30.3 Å². The predicted molar refractivity (Wildman–Crippen MR) is 59.9 cm³/mol. The molecular weight excluding hydrogens is 204 g/mol. The molecule has 0 aliphatic carbocycles. The molecule has 0 saturated carbocycles. The highest BCUT2D eigenvalue weighted by Crippen LogP contribution is 2.34. The van der Waals surface area contributed by atoms with Crippen LogP contribution in [0.15, 0.2) is 18.3 Å². The summed E-state index contributed by atoms with van der Waals surface area (Å²) in [5.74, 6) is -0.0302. The molecular formula is C12H16N2O2. The van der Waals surface area contributed by atoms with Crippen LogP contribution in [0.2, 0.25) is 0 Å². The Hall–Kier alpha value is -1.42. The Labute approximate surface area is 95.2 Å². The van der Waals surface area contributed by atoms with Crippen LogP contribution < -0.4 is 0 Å². The van der Waals surface area contributed by atoms with E-state index >= 15 is 0 Å². The summed E-state index contributed by atoms with van der Waals surface area (Å²) < 4.78 is 5.85. The van der Waals surface area contributed by atoms with Crippen molar-refractivity contribution in [2.45, 2.75) is 32.6 Å². The van der Waals surface area contributed by atoms with Gasteiger partial charge >= 0.3 is 0 Å². The summed E-state index contributed by atoms with van der Waals surface area (Å²) in [4.78, 5) is 17.7. The molecule has 0 radical (unpaired) electrons. The number of rotatable bonds is 1. The maximum Gasteiger partial charge on any atom is 0.257 e. The number of pyridine rings is 1. The van der Waals surface area contributed by atoms with Gasteiger partial charge in [0.1, 0.15) is 5.69 Å². The van der Waals surface area contributed by atoms with Gasteiger partial charge in [-0.2, -0.15) is 0 Å². The number of hydrogen-bond acceptors (Lipinski definition) is 3. The zero-order chi connectivity index (χ0) is 11.9. The minimum Gasteiger partial charge on any atom is -0.347 e. The van der Waals surface area contributed by atoms with Crippen LogP contribution in [0.25, 0.3) is 0 Å². The lowest BCUT2D eigenvalue weighted by Crippen LogP contribution is -2.31. The van der Waals surface area contributed by atoms with Crippen LogP contribution in [0.3, 0.4) is 0 Å². The molecule has 1 aliphatic rings. The van der Waals surface area contributed by atoms with Crippen molar-refractivity contribution in [3.63, 3.8) is 0 Å². The SMILES string of the molecule is CN1C(=O)c2cccnc2C1OC(C)(C)C. The number of nitrogens with zero attached hydrogens (tertiary/aromatic N) is 2. The van der Waals surface area contributed by atoms with E-state index in [1.165, 1.54) is 0 Å². The van der Waals surface area contributed by atoms with Gasteiger partial charge in [-0.15, -0.1) is 0 Å². The lowest BCUT2D eigenvalue weighted by atomic mass is 10.2. The van der Waals surface area contributed by atoms with Gasteiger partial charge in [0, 0.05) is 13.2 Å². The molecule has 4 nitrogen and oxygen atoms in total. The van der Waals surface area contributed by atoms with Crippen LogP contribution in [0.5, 0.6) is 0 Å². The smallest absolute Gasteiger partial charge is 0.257 e. The van der Waals surface area contributed by atoms with E-state index in [0.29, 0.717) is 11.3 Å². The highest BCUT2D eigenvalue weighted by atomic mass is 16.5. The number of fused-ring (bicyclic) bond motifs is 1. The molecule has 1 aromatic rings. The van der Waals surface area contributed by atoms with Crippen molar-refractivity contribution in [1.29, 1.82) is 0 Å². The highest BCUT2D eigenvalue weighted by molar-refractivity contribution is 5.98. The normalized spacial score (nSPS) is 20.1. The van der Waals surface area contributed by atoms with Crippen molar-refractivity contribution in [2.24, 2.45) is 0 Å². The Morgan fingerprint density at radius 1 is 1.44 bits per heavy atom. The summed E-state index contributed by atoms with van der Waals surface area (Å²) in [7, 11) is 1.74. The fraction of sp³-hybridized carbons (Fsp3) is 0.500. The molecule has 2 heterocycles. The lowest BCUT2D eigenvalue weighted by Gasteiger charge is -2.28. The molecule has 0 fully saturated rings. The standard InChI is InChI=1S/C12H16N2O2/c1-12(2,3)16-11-9-8(6-5-7-13-9)10(15)14(11)4/h5-7,11H,1-4H3. The fourth-order valence-electron chi connectivity index (χ4n) is 1.74. The molecule has 86 valence electrons. The Kier molecular flexibility index (Phi) is 2.46. The number of carbonyl (C=O) groups is 1. The van der Waals surface area contributed by atoms with E-state index in [2.05, 4.69) is 4.98 Å². The van der Waals surface area contributed by atoms with Crippen molar-refractivity contribution in [3.8, 4) is 0 Å². The third kappa shape index (κ3) is 1.80. The van der Waals surface area contributed by atoms with E-state index in [4.69, 9.17) is 4.74 Å². The zero-order valence-corrected chi connectivity index (χ0v) is 10.0. The van der Waals surface area contributed by atoms with Crippen LogP contribution in [0.1, 0.15) is 43.1 Å². The summed E-state index contributed by atoms with van der Waals surface area (Å²) in [5, 5.41) is 0. The summed E-state index contributed by atoms with van der Waals surface area (Å²) in [6, 6.07) is 3.55. The second-order valence-corrected chi connectivity index (χ2v) is 4.93. The second kappa shape index (κ2) is 3.56. The van der Waals surface area contributed by atoms with Crippen LogP contribution in [-0.2, 0) is 4.74 Å². The quantitative estimate of drug-likeness (QED) is 0.726. The fourth-order valence-corrected chi connectivity index (χ4v) is 1.74. The van der Waals surface area contributed by atoms with Gasteiger partial charge in [-0.05, 0) is 32.9 Å². The molecule has 1 unspecified atom stereocenters. The summed E-state index contributed by atoms with van der Waals surface area (Å²) in [6.07, 6.45) is 1.31. The maximum atomic E-state index is 11.9. The Balaban J connectivity index is 2.38. The van der Waals surface area contributed by atoms with E-state index in [1.807, 2.05) is 20.8 Å². The molecule has 1 aromatic heterocycles. The molecule has 0 spiro atoms. The molecule has 0 bridgehead atoms. The van der Waals surface area contributed by atoms with Gasteiger partial charge in [0.2, 0.25) is 0 Å². The number of amides is 1. The van der Waals surface area contributed by atoms with Gasteiger partial charge in [0.05, 0.1) is 11.2 Å². The number of hydrogen-bond donors (Lipinski definition) is 0. The van der Waals surface area contributed by atoms with E-state index < -0.39 is 0 Å². The molecule has 1 atom stereocenters. The zero-order valence-electron chi connectivity index (χ0n) is 10.0. The van der Waals surface area contributed by atoms with Gasteiger partial charge in [0.25, 0.3) is 5.91 Å². The van der Waals surface area contributed by atoms with E-state index in [0.717, 1.165) is 0 Å². The van der Waals surface area contributed by atoms with Crippen molar-refractivity contribution in [1.82, 2.24) is 9.88 Å². The van der Waals surface area contributed by atoms with Gasteiger partial charge in [0.15, 0.2) is 6.23 Å². The van der Waals surface area contributed by atoms with E-state index in [-0.39, 0.29) is 17.7 Å². The summed E-state index contributed by atoms with van der Waals surface area (Å²) in [6.45, 7) is 5.89. The number of ether oxygens (including phenoxy) is 1. The summed E-state index contributed by atoms with van der Waals surface area (Å²) in [5.41, 5.74) is 1.04. The third-order valence-electron chi connectivity index (χ3n) is 2.44. The van der Waals surface area contributed by atoms with Crippen molar-refractivity contribution in [3.05, 3.63) is 29.6 Å². The second-order valence-electron chi connectivity index (χ2n) is 4.93. The summed E-state index contributed by atoms with van der Waals surface area (Å²) >= 11 is 0. The maximum absolute atomic E-state index is 11.9. The van der Waals surface area contributed by atoms with Crippen LogP contribution in [-0.4, -0.2) is 28.4 Å². The van der Waals surface area contributed by atoms with Crippen LogP contribution in [0.4, 0.5) is 0 Å². The monoisotopic (exact) mass is 220 g/mol. The minimum atomic E-state index is -0.372. The lowest BCUT2D eigenvalue weighted by molar-refractivity contribution is -0.112. The third-order valence-corrected chi connectivity index (χ3v) is 2.44. The molecule has 0 aromatic carbocycles. The minimum absolute atomic E-state index is 0.0302.